The summed E-state index contributed by atoms with van der Waals surface area (Å²) < 4.78 is 0. The number of hydrogen-bond acceptors (Lipinski definition) is 3. The van der Waals surface area contributed by atoms with E-state index in [4.69, 9.17) is 5.73 Å². The molecule has 0 saturated carbocycles. The van der Waals surface area contributed by atoms with Gasteiger partial charge in [0.25, 0.3) is 0 Å². The minimum Gasteiger partial charge on any atom is -0.368 e. The average molecular weight is 235 g/mol. The highest BCUT2D eigenvalue weighted by atomic mass is 15.2. The average Bonchev–Trinajstić information content (AvgIpc) is 2.35. The van der Waals surface area contributed by atoms with Gasteiger partial charge < -0.3 is 10.6 Å². The van der Waals surface area contributed by atoms with Crippen molar-refractivity contribution in [1.29, 1.82) is 0 Å². The second-order valence-electron chi connectivity index (χ2n) is 4.74. The molecule has 96 valence electrons. The van der Waals surface area contributed by atoms with Crippen molar-refractivity contribution >= 4 is 5.69 Å². The first kappa shape index (κ1) is 14.0. The molecule has 0 bridgehead atoms. The lowest BCUT2D eigenvalue weighted by Gasteiger charge is -2.28. The number of nitrogens with two attached hydrogens (primary N) is 1. The predicted octanol–water partition coefficient (Wildman–Crippen LogP) is 3.12. The fourth-order valence-electron chi connectivity index (χ4n) is 1.92. The van der Waals surface area contributed by atoms with E-state index in [9.17, 15) is 0 Å². The number of nitrogens with zero attached hydrogens (tertiary/aromatic N) is 2. The molecule has 0 aliphatic carbocycles. The molecule has 0 saturated heterocycles. The van der Waals surface area contributed by atoms with Crippen molar-refractivity contribution in [2.45, 2.75) is 52.6 Å². The summed E-state index contributed by atoms with van der Waals surface area (Å²) in [5, 5.41) is 0. The maximum atomic E-state index is 5.96. The van der Waals surface area contributed by atoms with Gasteiger partial charge in [0.05, 0.1) is 17.6 Å². The molecule has 1 heterocycles. The molecule has 1 aromatic rings. The molecule has 2 N–H and O–H groups in total. The number of pyridine rings is 1. The van der Waals surface area contributed by atoms with Crippen LogP contribution in [0.5, 0.6) is 0 Å². The van der Waals surface area contributed by atoms with E-state index in [1.54, 1.807) is 0 Å². The first-order valence-electron chi connectivity index (χ1n) is 6.58. The Morgan fingerprint density at radius 1 is 1.29 bits per heavy atom. The zero-order chi connectivity index (χ0) is 12.8. The molecule has 0 radical (unpaired) electrons. The SMILES string of the molecule is CCCN(c1ccc([C@H](N)CC)nc1)C(C)C. The van der Waals surface area contributed by atoms with E-state index in [1.807, 2.05) is 6.20 Å². The van der Waals surface area contributed by atoms with E-state index in [2.05, 4.69) is 49.7 Å². The quantitative estimate of drug-likeness (QED) is 0.823. The lowest BCUT2D eigenvalue weighted by molar-refractivity contribution is 0.660. The summed E-state index contributed by atoms with van der Waals surface area (Å²) in [5.74, 6) is 0. The van der Waals surface area contributed by atoms with Gasteiger partial charge in [-0.15, -0.1) is 0 Å². The van der Waals surface area contributed by atoms with Gasteiger partial charge in [-0.3, -0.25) is 4.98 Å². The van der Waals surface area contributed by atoms with Gasteiger partial charge in [-0.2, -0.15) is 0 Å². The summed E-state index contributed by atoms with van der Waals surface area (Å²) in [6, 6.07) is 4.74. The summed E-state index contributed by atoms with van der Waals surface area (Å²) >= 11 is 0. The smallest absolute Gasteiger partial charge is 0.0572 e. The third-order valence-electron chi connectivity index (χ3n) is 3.01. The minimum atomic E-state index is 0.0581. The molecule has 3 heteroatoms. The maximum absolute atomic E-state index is 5.96. The van der Waals surface area contributed by atoms with E-state index in [1.165, 1.54) is 5.69 Å². The molecule has 0 amide bonds. The number of rotatable bonds is 6. The first-order chi connectivity index (χ1) is 8.10. The van der Waals surface area contributed by atoms with Crippen LogP contribution in [0.15, 0.2) is 18.3 Å². The predicted molar refractivity (Wildman–Crippen MR) is 74.2 cm³/mol. The standard InChI is InChI=1S/C14H25N3/c1-5-9-17(11(3)4)12-7-8-14(16-10-12)13(15)6-2/h7-8,10-11,13H,5-6,9,15H2,1-4H3/t13-/m1/s1. The van der Waals surface area contributed by atoms with Crippen LogP contribution in [0.3, 0.4) is 0 Å². The Labute approximate surface area is 105 Å². The summed E-state index contributed by atoms with van der Waals surface area (Å²) in [5.41, 5.74) is 8.13. The van der Waals surface area contributed by atoms with E-state index in [0.717, 1.165) is 25.1 Å². The van der Waals surface area contributed by atoms with Crippen LogP contribution in [0.4, 0.5) is 5.69 Å². The maximum Gasteiger partial charge on any atom is 0.0572 e. The van der Waals surface area contributed by atoms with Crippen molar-refractivity contribution in [2.75, 3.05) is 11.4 Å². The van der Waals surface area contributed by atoms with Crippen LogP contribution < -0.4 is 10.6 Å². The van der Waals surface area contributed by atoms with Gasteiger partial charge in [-0.1, -0.05) is 13.8 Å². The van der Waals surface area contributed by atoms with Crippen molar-refractivity contribution in [3.63, 3.8) is 0 Å². The van der Waals surface area contributed by atoms with Gasteiger partial charge in [0, 0.05) is 18.6 Å². The third-order valence-corrected chi connectivity index (χ3v) is 3.01. The molecular weight excluding hydrogens is 210 g/mol. The Bertz CT molecular complexity index is 319. The summed E-state index contributed by atoms with van der Waals surface area (Å²) in [4.78, 5) is 6.84. The van der Waals surface area contributed by atoms with Crippen molar-refractivity contribution < 1.29 is 0 Å². The van der Waals surface area contributed by atoms with Crippen LogP contribution in [0.2, 0.25) is 0 Å². The monoisotopic (exact) mass is 235 g/mol. The van der Waals surface area contributed by atoms with E-state index >= 15 is 0 Å². The van der Waals surface area contributed by atoms with Gasteiger partial charge >= 0.3 is 0 Å². The highest BCUT2D eigenvalue weighted by molar-refractivity contribution is 5.45. The lowest BCUT2D eigenvalue weighted by Crippen LogP contribution is -2.31. The van der Waals surface area contributed by atoms with Crippen LogP contribution >= 0.6 is 0 Å². The first-order valence-corrected chi connectivity index (χ1v) is 6.58. The third kappa shape index (κ3) is 3.70. The Morgan fingerprint density at radius 3 is 2.41 bits per heavy atom. The van der Waals surface area contributed by atoms with E-state index in [0.29, 0.717) is 6.04 Å². The molecule has 0 fully saturated rings. The summed E-state index contributed by atoms with van der Waals surface area (Å²) in [6.07, 6.45) is 4.02. The number of aromatic nitrogens is 1. The van der Waals surface area contributed by atoms with Crippen LogP contribution in [0, 0.1) is 0 Å². The lowest BCUT2D eigenvalue weighted by atomic mass is 10.1. The molecular formula is C14H25N3. The Hall–Kier alpha value is -1.09. The molecule has 1 aromatic heterocycles. The molecule has 3 nitrogen and oxygen atoms in total. The van der Waals surface area contributed by atoms with Crippen LogP contribution in [-0.2, 0) is 0 Å². The van der Waals surface area contributed by atoms with Gasteiger partial charge in [-0.25, -0.2) is 0 Å². The molecule has 0 unspecified atom stereocenters. The van der Waals surface area contributed by atoms with Crippen molar-refractivity contribution in [2.24, 2.45) is 5.73 Å². The summed E-state index contributed by atoms with van der Waals surface area (Å²) in [7, 11) is 0. The topological polar surface area (TPSA) is 42.1 Å². The van der Waals surface area contributed by atoms with E-state index < -0.39 is 0 Å². The van der Waals surface area contributed by atoms with Gasteiger partial charge in [0.1, 0.15) is 0 Å². The Balaban J connectivity index is 2.84. The molecule has 0 aliphatic heterocycles. The second kappa shape index (κ2) is 6.60. The summed E-state index contributed by atoms with van der Waals surface area (Å²) in [6.45, 7) is 9.77. The highest BCUT2D eigenvalue weighted by Gasteiger charge is 2.11. The Kier molecular flexibility index (Phi) is 5.42. The van der Waals surface area contributed by atoms with Gasteiger partial charge in [-0.05, 0) is 38.8 Å². The van der Waals surface area contributed by atoms with Crippen LogP contribution in [-0.4, -0.2) is 17.6 Å². The highest BCUT2D eigenvalue weighted by Crippen LogP contribution is 2.19. The molecule has 17 heavy (non-hydrogen) atoms. The fourth-order valence-corrected chi connectivity index (χ4v) is 1.92. The largest absolute Gasteiger partial charge is 0.368 e. The normalized spacial score (nSPS) is 12.8. The fraction of sp³-hybridized carbons (Fsp3) is 0.643. The Morgan fingerprint density at radius 2 is 2.00 bits per heavy atom. The number of hydrogen-bond donors (Lipinski definition) is 1. The van der Waals surface area contributed by atoms with Crippen molar-refractivity contribution in [1.82, 2.24) is 4.98 Å². The van der Waals surface area contributed by atoms with Gasteiger partial charge in [0.2, 0.25) is 0 Å². The molecule has 1 rings (SSSR count). The zero-order valence-corrected chi connectivity index (χ0v) is 11.5. The molecule has 1 atom stereocenters. The minimum absolute atomic E-state index is 0.0581. The molecule has 0 spiro atoms. The van der Waals surface area contributed by atoms with Crippen LogP contribution in [0.25, 0.3) is 0 Å². The number of anilines is 1. The van der Waals surface area contributed by atoms with Gasteiger partial charge in [0.15, 0.2) is 0 Å². The second-order valence-corrected chi connectivity index (χ2v) is 4.74. The zero-order valence-electron chi connectivity index (χ0n) is 11.5. The molecule has 0 aromatic carbocycles. The van der Waals surface area contributed by atoms with Crippen molar-refractivity contribution in [3.8, 4) is 0 Å². The van der Waals surface area contributed by atoms with Crippen LogP contribution in [0.1, 0.15) is 52.3 Å². The van der Waals surface area contributed by atoms with Crippen molar-refractivity contribution in [3.05, 3.63) is 24.0 Å². The van der Waals surface area contributed by atoms with E-state index in [-0.39, 0.29) is 6.04 Å². The molecule has 0 aliphatic rings.